The molecule has 4 nitrogen and oxygen atoms in total. The van der Waals surface area contributed by atoms with Gasteiger partial charge in [0.1, 0.15) is 11.6 Å². The predicted molar refractivity (Wildman–Crippen MR) is 147 cm³/mol. The Bertz CT molecular complexity index is 1220. The van der Waals surface area contributed by atoms with Gasteiger partial charge in [-0.1, -0.05) is 42.5 Å². The first kappa shape index (κ1) is 27.0. The average Bonchev–Trinajstić information content (AvgIpc) is 2.88. The SMILES string of the molecule is Cc1[c]cccc1[C@H]1CN(CCCCN(C)C)C[C@H](C(=O)c2cccc(O)c2)[C@@H]1c1cccc(F)c1C. The molecule has 195 valence electrons. The summed E-state index contributed by atoms with van der Waals surface area (Å²) in [6.07, 6.45) is 2.13. The Labute approximate surface area is 220 Å². The van der Waals surface area contributed by atoms with Crippen LogP contribution in [-0.4, -0.2) is 61.0 Å². The van der Waals surface area contributed by atoms with Crippen molar-refractivity contribution >= 4 is 5.78 Å². The van der Waals surface area contributed by atoms with Crippen molar-refractivity contribution in [1.29, 1.82) is 0 Å². The minimum Gasteiger partial charge on any atom is -0.508 e. The van der Waals surface area contributed by atoms with Crippen LogP contribution in [0.5, 0.6) is 5.75 Å². The Morgan fingerprint density at radius 1 is 1.05 bits per heavy atom. The smallest absolute Gasteiger partial charge is 0.167 e. The third kappa shape index (κ3) is 6.28. The molecule has 3 aromatic rings. The number of Topliss-reactive ketones (excluding diaryl/α,β-unsaturated/α-hetero) is 1. The van der Waals surface area contributed by atoms with Crippen molar-refractivity contribution in [3.63, 3.8) is 0 Å². The molecule has 5 heteroatoms. The van der Waals surface area contributed by atoms with Crippen LogP contribution in [-0.2, 0) is 0 Å². The molecule has 37 heavy (non-hydrogen) atoms. The first-order valence-electron chi connectivity index (χ1n) is 13.2. The molecule has 1 aliphatic heterocycles. The summed E-state index contributed by atoms with van der Waals surface area (Å²) in [5.41, 5.74) is 4.20. The van der Waals surface area contributed by atoms with Gasteiger partial charge in [-0.2, -0.15) is 0 Å². The number of phenolic OH excluding ortho intramolecular Hbond substituents is 1. The van der Waals surface area contributed by atoms with Crippen LogP contribution in [0.25, 0.3) is 0 Å². The lowest BCUT2D eigenvalue weighted by Crippen LogP contribution is -2.47. The molecule has 0 amide bonds. The van der Waals surface area contributed by atoms with Gasteiger partial charge in [0.15, 0.2) is 5.78 Å². The number of carbonyl (C=O) groups excluding carboxylic acids is 1. The number of hydrogen-bond acceptors (Lipinski definition) is 4. The molecular weight excluding hydrogens is 463 g/mol. The van der Waals surface area contributed by atoms with Gasteiger partial charge in [-0.3, -0.25) is 4.79 Å². The highest BCUT2D eigenvalue weighted by atomic mass is 19.1. The molecule has 0 saturated carbocycles. The maximum absolute atomic E-state index is 14.9. The van der Waals surface area contributed by atoms with Gasteiger partial charge in [-0.05, 0) is 100 Å². The summed E-state index contributed by atoms with van der Waals surface area (Å²) in [7, 11) is 4.17. The quantitative estimate of drug-likeness (QED) is 0.290. The molecule has 1 fully saturated rings. The Morgan fingerprint density at radius 2 is 1.81 bits per heavy atom. The molecule has 4 rings (SSSR count). The largest absolute Gasteiger partial charge is 0.508 e. The maximum atomic E-state index is 14.9. The standard InChI is InChI=1S/C32H38FN2O2/c1-22-11-5-6-14-26(22)28-20-35(18-8-7-17-34(3)4)21-29(32(37)24-12-9-13-25(36)19-24)31(28)27-15-10-16-30(33)23(27)2/h5-6,9-10,12-16,19,28-29,31,36H,7-8,17-18,20-21H2,1-4H3/t28-,29+,31-/m1/s1. The van der Waals surface area contributed by atoms with Crippen molar-refractivity contribution in [3.05, 3.63) is 100 Å². The second-order valence-corrected chi connectivity index (χ2v) is 10.6. The van der Waals surface area contributed by atoms with E-state index in [0.717, 1.165) is 49.2 Å². The number of aryl methyl sites for hydroxylation is 1. The molecule has 0 aliphatic carbocycles. The van der Waals surface area contributed by atoms with Gasteiger partial charge in [0.25, 0.3) is 0 Å². The maximum Gasteiger partial charge on any atom is 0.167 e. The van der Waals surface area contributed by atoms with Gasteiger partial charge < -0.3 is 14.9 Å². The topological polar surface area (TPSA) is 43.8 Å². The van der Waals surface area contributed by atoms with Crippen molar-refractivity contribution < 1.29 is 14.3 Å². The number of halogens is 1. The van der Waals surface area contributed by atoms with Crippen LogP contribution in [0.1, 0.15) is 57.3 Å². The van der Waals surface area contributed by atoms with E-state index in [4.69, 9.17) is 0 Å². The number of piperidine rings is 1. The lowest BCUT2D eigenvalue weighted by molar-refractivity contribution is 0.0734. The summed E-state index contributed by atoms with van der Waals surface area (Å²) >= 11 is 0. The number of ketones is 1. The molecule has 1 heterocycles. The van der Waals surface area contributed by atoms with Crippen molar-refractivity contribution in [1.82, 2.24) is 9.80 Å². The molecule has 3 atom stereocenters. The molecule has 0 unspecified atom stereocenters. The van der Waals surface area contributed by atoms with Crippen LogP contribution in [0, 0.1) is 31.6 Å². The van der Waals surface area contributed by atoms with Crippen molar-refractivity contribution in [2.75, 3.05) is 40.3 Å². The molecule has 3 aromatic carbocycles. The van der Waals surface area contributed by atoms with Crippen LogP contribution >= 0.6 is 0 Å². The van der Waals surface area contributed by atoms with Gasteiger partial charge >= 0.3 is 0 Å². The highest BCUT2D eigenvalue weighted by Crippen LogP contribution is 2.46. The molecule has 1 N–H and O–H groups in total. The van der Waals surface area contributed by atoms with E-state index in [1.54, 1.807) is 30.3 Å². The van der Waals surface area contributed by atoms with E-state index in [2.05, 4.69) is 43.0 Å². The zero-order valence-corrected chi connectivity index (χ0v) is 22.4. The van der Waals surface area contributed by atoms with Crippen LogP contribution < -0.4 is 0 Å². The van der Waals surface area contributed by atoms with Crippen molar-refractivity contribution in [2.24, 2.45) is 5.92 Å². The number of phenols is 1. The number of likely N-dealkylation sites (tertiary alicyclic amines) is 1. The van der Waals surface area contributed by atoms with E-state index < -0.39 is 0 Å². The van der Waals surface area contributed by atoms with Gasteiger partial charge in [0.05, 0.1) is 0 Å². The normalized spacial score (nSPS) is 20.3. The first-order chi connectivity index (χ1) is 17.8. The zero-order chi connectivity index (χ0) is 26.5. The number of benzene rings is 3. The average molecular weight is 502 g/mol. The molecule has 0 bridgehead atoms. The summed E-state index contributed by atoms with van der Waals surface area (Å²) in [6.45, 7) is 7.20. The molecule has 1 radical (unpaired) electrons. The lowest BCUT2D eigenvalue weighted by Gasteiger charge is -2.45. The van der Waals surface area contributed by atoms with Crippen molar-refractivity contribution in [3.8, 4) is 5.75 Å². The van der Waals surface area contributed by atoms with Crippen molar-refractivity contribution in [2.45, 2.75) is 38.5 Å². The Hall–Kier alpha value is -3.02. The number of nitrogens with zero attached hydrogens (tertiary/aromatic N) is 2. The molecule has 1 aliphatic rings. The minimum atomic E-state index is -0.380. The van der Waals surface area contributed by atoms with E-state index in [1.807, 2.05) is 25.1 Å². The fourth-order valence-electron chi connectivity index (χ4n) is 5.85. The second-order valence-electron chi connectivity index (χ2n) is 10.6. The first-order valence-corrected chi connectivity index (χ1v) is 13.2. The number of unbranched alkanes of at least 4 members (excludes halogenated alkanes) is 1. The zero-order valence-electron chi connectivity index (χ0n) is 22.4. The van der Waals surface area contributed by atoms with Gasteiger partial charge in [-0.15, -0.1) is 0 Å². The van der Waals surface area contributed by atoms with E-state index in [9.17, 15) is 14.3 Å². The summed E-state index contributed by atoms with van der Waals surface area (Å²) in [5.74, 6) is -0.752. The highest BCUT2D eigenvalue weighted by Gasteiger charge is 2.43. The Kier molecular flexibility index (Phi) is 8.78. The summed E-state index contributed by atoms with van der Waals surface area (Å²) < 4.78 is 14.9. The molecular formula is C32H38FN2O2. The highest BCUT2D eigenvalue weighted by molar-refractivity contribution is 5.99. The Morgan fingerprint density at radius 3 is 2.54 bits per heavy atom. The molecule has 1 saturated heterocycles. The number of hydrogen-bond donors (Lipinski definition) is 1. The van der Waals surface area contributed by atoms with Crippen LogP contribution in [0.3, 0.4) is 0 Å². The van der Waals surface area contributed by atoms with E-state index in [0.29, 0.717) is 17.7 Å². The predicted octanol–water partition coefficient (Wildman–Crippen LogP) is 5.97. The minimum absolute atomic E-state index is 0.00630. The Balaban J connectivity index is 1.79. The lowest BCUT2D eigenvalue weighted by atomic mass is 9.67. The third-order valence-electron chi connectivity index (χ3n) is 7.75. The van der Waals surface area contributed by atoms with E-state index >= 15 is 0 Å². The third-order valence-corrected chi connectivity index (χ3v) is 7.75. The fraction of sp³-hybridized carbons (Fsp3) is 0.406. The summed E-state index contributed by atoms with van der Waals surface area (Å²) in [6, 6.07) is 21.2. The van der Waals surface area contributed by atoms with Gasteiger partial charge in [-0.25, -0.2) is 4.39 Å². The van der Waals surface area contributed by atoms with Gasteiger partial charge in [0.2, 0.25) is 0 Å². The number of carbonyl (C=O) groups is 1. The summed E-state index contributed by atoms with van der Waals surface area (Å²) in [4.78, 5) is 18.7. The van der Waals surface area contributed by atoms with E-state index in [1.165, 1.54) is 6.07 Å². The van der Waals surface area contributed by atoms with Crippen LogP contribution in [0.15, 0.2) is 60.7 Å². The number of rotatable bonds is 9. The van der Waals surface area contributed by atoms with Crippen LogP contribution in [0.4, 0.5) is 4.39 Å². The fourth-order valence-corrected chi connectivity index (χ4v) is 5.85. The summed E-state index contributed by atoms with van der Waals surface area (Å²) in [5, 5.41) is 10.1. The second kappa shape index (κ2) is 12.0. The van der Waals surface area contributed by atoms with Gasteiger partial charge in [0, 0.05) is 36.4 Å². The molecule has 0 spiro atoms. The molecule has 0 aromatic heterocycles. The number of aromatic hydroxyl groups is 1. The monoisotopic (exact) mass is 501 g/mol. The van der Waals surface area contributed by atoms with Crippen LogP contribution in [0.2, 0.25) is 0 Å². The van der Waals surface area contributed by atoms with E-state index in [-0.39, 0.29) is 35.1 Å².